The second-order valence-electron chi connectivity index (χ2n) is 4.13. The van der Waals surface area contributed by atoms with Gasteiger partial charge in [0.1, 0.15) is 5.75 Å². The minimum atomic E-state index is -0.120. The number of carbonyl (C=O) groups excluding carboxylic acids is 1. The molecule has 0 aromatic heterocycles. The highest BCUT2D eigenvalue weighted by atomic mass is 16.5. The Labute approximate surface area is 108 Å². The summed E-state index contributed by atoms with van der Waals surface area (Å²) in [5, 5.41) is 2.84. The molecule has 1 N–H and O–H groups in total. The minimum absolute atomic E-state index is 0.120. The van der Waals surface area contributed by atoms with Gasteiger partial charge in [0.15, 0.2) is 0 Å². The summed E-state index contributed by atoms with van der Waals surface area (Å²) in [7, 11) is 1.61. The highest BCUT2D eigenvalue weighted by Crippen LogP contribution is 2.15. The lowest BCUT2D eigenvalue weighted by atomic mass is 10.3. The number of hydrogen-bond donors (Lipinski definition) is 1. The van der Waals surface area contributed by atoms with Crippen molar-refractivity contribution >= 4 is 11.7 Å². The lowest BCUT2D eigenvalue weighted by molar-refractivity contribution is 0.218. The number of likely N-dealkylation sites (N-methyl/N-ethyl adjacent to an activating group) is 1. The molecule has 0 aliphatic rings. The van der Waals surface area contributed by atoms with Crippen LogP contribution in [0.1, 0.15) is 13.8 Å². The normalized spacial score (nSPS) is 9.72. The summed E-state index contributed by atoms with van der Waals surface area (Å²) in [5.41, 5.74) is 1.71. The summed E-state index contributed by atoms with van der Waals surface area (Å²) >= 11 is 0. The van der Waals surface area contributed by atoms with E-state index in [1.165, 1.54) is 0 Å². The third-order valence-electron chi connectivity index (χ3n) is 2.47. The van der Waals surface area contributed by atoms with Crippen molar-refractivity contribution in [3.8, 4) is 5.75 Å². The monoisotopic (exact) mass is 248 g/mol. The van der Waals surface area contributed by atoms with Gasteiger partial charge >= 0.3 is 6.03 Å². The Bertz CT molecular complexity index is 412. The fourth-order valence-electron chi connectivity index (χ4n) is 1.53. The van der Waals surface area contributed by atoms with Gasteiger partial charge in [-0.2, -0.15) is 0 Å². The third-order valence-corrected chi connectivity index (χ3v) is 2.47. The van der Waals surface area contributed by atoms with Crippen LogP contribution >= 0.6 is 0 Å². The molecule has 4 nitrogen and oxygen atoms in total. The van der Waals surface area contributed by atoms with Crippen LogP contribution in [0, 0.1) is 0 Å². The number of amides is 2. The zero-order valence-corrected chi connectivity index (χ0v) is 11.2. The Kier molecular flexibility index (Phi) is 5.24. The number of anilines is 1. The summed E-state index contributed by atoms with van der Waals surface area (Å²) in [4.78, 5) is 13.7. The maximum absolute atomic E-state index is 12.0. The van der Waals surface area contributed by atoms with Crippen LogP contribution in [0.5, 0.6) is 5.75 Å². The maximum atomic E-state index is 12.0. The van der Waals surface area contributed by atoms with E-state index in [-0.39, 0.29) is 6.03 Å². The van der Waals surface area contributed by atoms with E-state index in [9.17, 15) is 4.79 Å². The van der Waals surface area contributed by atoms with Crippen molar-refractivity contribution in [3.63, 3.8) is 0 Å². The van der Waals surface area contributed by atoms with E-state index in [4.69, 9.17) is 4.74 Å². The highest BCUT2D eigenvalue weighted by Gasteiger charge is 2.11. The molecule has 1 rings (SSSR count). The zero-order valence-electron chi connectivity index (χ0n) is 11.2. The molecule has 0 aliphatic carbocycles. The fourth-order valence-corrected chi connectivity index (χ4v) is 1.53. The Balaban J connectivity index is 2.64. The van der Waals surface area contributed by atoms with Crippen LogP contribution in [0.2, 0.25) is 0 Å². The molecule has 0 aliphatic heterocycles. The van der Waals surface area contributed by atoms with Gasteiger partial charge in [0.05, 0.1) is 7.11 Å². The van der Waals surface area contributed by atoms with Crippen LogP contribution in [0.3, 0.4) is 0 Å². The first kappa shape index (κ1) is 14.1. The molecule has 0 unspecified atom stereocenters. The van der Waals surface area contributed by atoms with Crippen molar-refractivity contribution in [2.75, 3.05) is 25.5 Å². The first-order valence-electron chi connectivity index (χ1n) is 5.91. The van der Waals surface area contributed by atoms with Gasteiger partial charge in [-0.1, -0.05) is 12.2 Å². The molecular weight excluding hydrogens is 228 g/mol. The minimum Gasteiger partial charge on any atom is -0.497 e. The highest BCUT2D eigenvalue weighted by molar-refractivity contribution is 5.89. The lowest BCUT2D eigenvalue weighted by Crippen LogP contribution is -2.35. The molecule has 0 radical (unpaired) electrons. The van der Waals surface area contributed by atoms with Crippen LogP contribution in [-0.4, -0.2) is 31.1 Å². The van der Waals surface area contributed by atoms with Gasteiger partial charge in [-0.15, -0.1) is 0 Å². The van der Waals surface area contributed by atoms with E-state index in [1.807, 2.05) is 38.1 Å². The maximum Gasteiger partial charge on any atom is 0.322 e. The zero-order chi connectivity index (χ0) is 13.5. The van der Waals surface area contributed by atoms with E-state index in [1.54, 1.807) is 12.0 Å². The van der Waals surface area contributed by atoms with E-state index in [2.05, 4.69) is 11.9 Å². The van der Waals surface area contributed by atoms with Crippen LogP contribution in [0.4, 0.5) is 10.5 Å². The van der Waals surface area contributed by atoms with Crippen molar-refractivity contribution in [2.45, 2.75) is 13.8 Å². The van der Waals surface area contributed by atoms with Gasteiger partial charge in [-0.25, -0.2) is 4.79 Å². The van der Waals surface area contributed by atoms with Crippen molar-refractivity contribution in [3.05, 3.63) is 36.4 Å². The molecule has 98 valence electrons. The van der Waals surface area contributed by atoms with Crippen LogP contribution in [-0.2, 0) is 0 Å². The van der Waals surface area contributed by atoms with Crippen LogP contribution < -0.4 is 10.1 Å². The average Bonchev–Trinajstić information content (AvgIpc) is 2.36. The Morgan fingerprint density at radius 2 is 2.00 bits per heavy atom. The first-order valence-corrected chi connectivity index (χ1v) is 5.91. The van der Waals surface area contributed by atoms with Crippen molar-refractivity contribution in [1.29, 1.82) is 0 Å². The average molecular weight is 248 g/mol. The molecule has 0 heterocycles. The molecule has 0 spiro atoms. The van der Waals surface area contributed by atoms with Gasteiger partial charge in [0.2, 0.25) is 0 Å². The molecule has 18 heavy (non-hydrogen) atoms. The number of ether oxygens (including phenoxy) is 1. The summed E-state index contributed by atoms with van der Waals surface area (Å²) in [5.74, 6) is 0.766. The molecule has 0 atom stereocenters. The molecule has 4 heteroatoms. The van der Waals surface area contributed by atoms with Gasteiger partial charge in [-0.05, 0) is 38.1 Å². The molecule has 1 aromatic rings. The first-order chi connectivity index (χ1) is 8.56. The van der Waals surface area contributed by atoms with E-state index in [0.29, 0.717) is 13.1 Å². The predicted octanol–water partition coefficient (Wildman–Crippen LogP) is 3.13. The molecule has 0 fully saturated rings. The van der Waals surface area contributed by atoms with Crippen molar-refractivity contribution in [1.82, 2.24) is 4.90 Å². The number of carbonyl (C=O) groups is 1. The Hall–Kier alpha value is -1.97. The summed E-state index contributed by atoms with van der Waals surface area (Å²) in [6.07, 6.45) is 0. The predicted molar refractivity (Wildman–Crippen MR) is 74.1 cm³/mol. The lowest BCUT2D eigenvalue weighted by Gasteiger charge is -2.21. The summed E-state index contributed by atoms with van der Waals surface area (Å²) in [6.45, 7) is 8.88. The van der Waals surface area contributed by atoms with E-state index >= 15 is 0 Å². The number of hydrogen-bond acceptors (Lipinski definition) is 2. The van der Waals surface area contributed by atoms with Gasteiger partial charge in [0.25, 0.3) is 0 Å². The van der Waals surface area contributed by atoms with E-state index in [0.717, 1.165) is 17.0 Å². The van der Waals surface area contributed by atoms with Crippen LogP contribution in [0.15, 0.2) is 36.4 Å². The topological polar surface area (TPSA) is 41.6 Å². The van der Waals surface area contributed by atoms with Crippen LogP contribution in [0.25, 0.3) is 0 Å². The molecule has 2 amide bonds. The number of urea groups is 1. The molecule has 0 saturated carbocycles. The largest absolute Gasteiger partial charge is 0.497 e. The van der Waals surface area contributed by atoms with Gasteiger partial charge < -0.3 is 15.0 Å². The molecular formula is C14H20N2O2. The quantitative estimate of drug-likeness (QED) is 0.813. The number of nitrogens with one attached hydrogen (secondary N) is 1. The number of methoxy groups -OCH3 is 1. The number of nitrogens with zero attached hydrogens (tertiary/aromatic N) is 1. The smallest absolute Gasteiger partial charge is 0.322 e. The van der Waals surface area contributed by atoms with Gasteiger partial charge in [-0.3, -0.25) is 0 Å². The third kappa shape index (κ3) is 4.13. The number of benzene rings is 1. The number of rotatable bonds is 5. The van der Waals surface area contributed by atoms with Crippen molar-refractivity contribution < 1.29 is 9.53 Å². The SMILES string of the molecule is C=C(C)CN(CC)C(=O)Nc1ccc(OC)cc1. The second-order valence-corrected chi connectivity index (χ2v) is 4.13. The molecule has 1 aromatic carbocycles. The second kappa shape index (κ2) is 6.69. The molecule has 0 bridgehead atoms. The van der Waals surface area contributed by atoms with Gasteiger partial charge in [0, 0.05) is 18.8 Å². The Morgan fingerprint density at radius 3 is 2.44 bits per heavy atom. The standard InChI is InChI=1S/C14H20N2O2/c1-5-16(10-11(2)3)14(17)15-12-6-8-13(18-4)9-7-12/h6-9H,2,5,10H2,1,3-4H3,(H,15,17). The fraction of sp³-hybridized carbons (Fsp3) is 0.357. The Morgan fingerprint density at radius 1 is 1.39 bits per heavy atom. The van der Waals surface area contributed by atoms with Crippen molar-refractivity contribution in [2.24, 2.45) is 0 Å². The summed E-state index contributed by atoms with van der Waals surface area (Å²) < 4.78 is 5.06. The van der Waals surface area contributed by atoms with E-state index < -0.39 is 0 Å². The summed E-state index contributed by atoms with van der Waals surface area (Å²) in [6, 6.07) is 7.12. The molecule has 0 saturated heterocycles.